The zero-order valence-corrected chi connectivity index (χ0v) is 12.6. The number of rotatable bonds is 8. The quantitative estimate of drug-likeness (QED) is 0.709. The first kappa shape index (κ1) is 17.0. The Balaban J connectivity index is 2.46. The Hall–Kier alpha value is -2.08. The number of esters is 1. The van der Waals surface area contributed by atoms with Crippen molar-refractivity contribution in [3.63, 3.8) is 0 Å². The Kier molecular flexibility index (Phi) is 7.25. The lowest BCUT2D eigenvalue weighted by atomic mass is 10.1. The molecule has 1 atom stereocenters. The van der Waals surface area contributed by atoms with E-state index < -0.39 is 5.97 Å². The van der Waals surface area contributed by atoms with Gasteiger partial charge >= 0.3 is 5.97 Å². The maximum Gasteiger partial charge on any atom is 0.343 e. The summed E-state index contributed by atoms with van der Waals surface area (Å²) >= 11 is 0. The molecule has 0 spiro atoms. The number of carbonyl (C=O) groups excluding carboxylic acids is 2. The second kappa shape index (κ2) is 8.97. The Morgan fingerprint density at radius 1 is 1.24 bits per heavy atom. The molecule has 1 amide bonds. The fraction of sp³-hybridized carbons (Fsp3) is 0.467. The van der Waals surface area contributed by atoms with Gasteiger partial charge in [-0.1, -0.05) is 13.8 Å². The molecule has 21 heavy (non-hydrogen) atoms. The first-order chi connectivity index (χ1) is 10.1. The summed E-state index contributed by atoms with van der Waals surface area (Å²) < 4.78 is 9.70. The predicted octanol–water partition coefficient (Wildman–Crippen LogP) is 1.42. The van der Waals surface area contributed by atoms with E-state index in [1.807, 2.05) is 13.8 Å². The normalized spacial score (nSPS) is 11.6. The van der Waals surface area contributed by atoms with Crippen LogP contribution >= 0.6 is 0 Å². The zero-order valence-electron chi connectivity index (χ0n) is 12.6. The van der Waals surface area contributed by atoms with Gasteiger partial charge in [-0.05, 0) is 30.8 Å². The van der Waals surface area contributed by atoms with Crippen molar-refractivity contribution < 1.29 is 19.1 Å². The van der Waals surface area contributed by atoms with E-state index in [2.05, 4.69) is 15.4 Å². The van der Waals surface area contributed by atoms with Gasteiger partial charge in [0.25, 0.3) is 0 Å². The van der Waals surface area contributed by atoms with E-state index in [4.69, 9.17) is 4.74 Å². The average Bonchev–Trinajstić information content (AvgIpc) is 2.51. The van der Waals surface area contributed by atoms with Crippen LogP contribution in [0.5, 0.6) is 5.75 Å². The number of hydrogen-bond donors (Lipinski definition) is 2. The standard InChI is InChI=1S/C15H22N2O4/c1-4-16-9-11(2)15(19)17-12-5-7-13(8-6-12)21-10-14(18)20-3/h5-8,11,16H,4,9-10H2,1-3H3,(H,17,19). The highest BCUT2D eigenvalue weighted by atomic mass is 16.6. The van der Waals surface area contributed by atoms with Crippen LogP contribution in [0.1, 0.15) is 13.8 Å². The van der Waals surface area contributed by atoms with Crippen molar-refractivity contribution >= 4 is 17.6 Å². The molecule has 0 aliphatic carbocycles. The van der Waals surface area contributed by atoms with Crippen LogP contribution < -0.4 is 15.4 Å². The van der Waals surface area contributed by atoms with Crippen LogP contribution in [0.25, 0.3) is 0 Å². The van der Waals surface area contributed by atoms with E-state index in [0.29, 0.717) is 18.0 Å². The number of benzene rings is 1. The van der Waals surface area contributed by atoms with Crippen molar-refractivity contribution in [1.29, 1.82) is 0 Å². The van der Waals surface area contributed by atoms with Gasteiger partial charge in [0.05, 0.1) is 7.11 Å². The van der Waals surface area contributed by atoms with Crippen LogP contribution in [0.3, 0.4) is 0 Å². The van der Waals surface area contributed by atoms with E-state index in [0.717, 1.165) is 6.54 Å². The molecule has 1 aromatic carbocycles. The molecule has 0 aliphatic rings. The van der Waals surface area contributed by atoms with Gasteiger partial charge in [0, 0.05) is 18.2 Å². The van der Waals surface area contributed by atoms with Crippen LogP contribution in [-0.2, 0) is 14.3 Å². The fourth-order valence-corrected chi connectivity index (χ4v) is 1.55. The summed E-state index contributed by atoms with van der Waals surface area (Å²) in [5.74, 6) is -0.0527. The largest absolute Gasteiger partial charge is 0.482 e. The summed E-state index contributed by atoms with van der Waals surface area (Å²) in [6.07, 6.45) is 0. The minimum absolute atomic E-state index is 0.0424. The molecule has 1 unspecified atom stereocenters. The fourth-order valence-electron chi connectivity index (χ4n) is 1.55. The summed E-state index contributed by atoms with van der Waals surface area (Å²) in [4.78, 5) is 22.9. The number of methoxy groups -OCH3 is 1. The summed E-state index contributed by atoms with van der Waals surface area (Å²) in [6.45, 7) is 5.21. The lowest BCUT2D eigenvalue weighted by Crippen LogP contribution is -2.30. The molecule has 0 aliphatic heterocycles. The number of ether oxygens (including phenoxy) is 2. The molecule has 0 aromatic heterocycles. The van der Waals surface area contributed by atoms with Crippen molar-refractivity contribution in [2.24, 2.45) is 5.92 Å². The van der Waals surface area contributed by atoms with E-state index in [-0.39, 0.29) is 18.4 Å². The predicted molar refractivity (Wildman–Crippen MR) is 80.3 cm³/mol. The number of nitrogens with one attached hydrogen (secondary N) is 2. The zero-order chi connectivity index (χ0) is 15.7. The first-order valence-corrected chi connectivity index (χ1v) is 6.88. The second-order valence-corrected chi connectivity index (χ2v) is 4.59. The van der Waals surface area contributed by atoms with E-state index in [1.165, 1.54) is 7.11 Å². The molecule has 0 heterocycles. The van der Waals surface area contributed by atoms with Gasteiger partial charge < -0.3 is 20.1 Å². The third kappa shape index (κ3) is 6.27. The molecule has 0 fully saturated rings. The molecular weight excluding hydrogens is 272 g/mol. The summed E-state index contributed by atoms with van der Waals surface area (Å²) in [6, 6.07) is 6.83. The molecule has 0 bridgehead atoms. The second-order valence-electron chi connectivity index (χ2n) is 4.59. The Labute approximate surface area is 124 Å². The van der Waals surface area contributed by atoms with Crippen LogP contribution in [-0.4, -0.2) is 38.7 Å². The monoisotopic (exact) mass is 294 g/mol. The van der Waals surface area contributed by atoms with Crippen LogP contribution in [0, 0.1) is 5.92 Å². The number of hydrogen-bond acceptors (Lipinski definition) is 5. The molecule has 6 heteroatoms. The van der Waals surface area contributed by atoms with Crippen molar-refractivity contribution in [3.8, 4) is 5.75 Å². The van der Waals surface area contributed by atoms with Crippen molar-refractivity contribution in [2.75, 3.05) is 32.1 Å². The van der Waals surface area contributed by atoms with Crippen molar-refractivity contribution in [3.05, 3.63) is 24.3 Å². The third-order valence-corrected chi connectivity index (χ3v) is 2.85. The van der Waals surface area contributed by atoms with Gasteiger partial charge in [-0.2, -0.15) is 0 Å². The molecule has 1 rings (SSSR count). The Bertz CT molecular complexity index is 459. The van der Waals surface area contributed by atoms with Crippen LogP contribution in [0.15, 0.2) is 24.3 Å². The molecule has 2 N–H and O–H groups in total. The summed E-state index contributed by atoms with van der Waals surface area (Å²) in [7, 11) is 1.30. The van der Waals surface area contributed by atoms with E-state index in [1.54, 1.807) is 24.3 Å². The molecule has 6 nitrogen and oxygen atoms in total. The number of carbonyl (C=O) groups is 2. The maximum atomic E-state index is 11.9. The minimum atomic E-state index is -0.440. The van der Waals surface area contributed by atoms with E-state index in [9.17, 15) is 9.59 Å². The van der Waals surface area contributed by atoms with Gasteiger partial charge in [0.1, 0.15) is 5.75 Å². The SMILES string of the molecule is CCNCC(C)C(=O)Nc1ccc(OCC(=O)OC)cc1. The van der Waals surface area contributed by atoms with Gasteiger partial charge in [0.2, 0.25) is 5.91 Å². The Morgan fingerprint density at radius 2 is 1.90 bits per heavy atom. The molecule has 116 valence electrons. The van der Waals surface area contributed by atoms with Crippen molar-refractivity contribution in [1.82, 2.24) is 5.32 Å². The lowest BCUT2D eigenvalue weighted by Gasteiger charge is -2.12. The maximum absolute atomic E-state index is 11.9. The number of amides is 1. The summed E-state index contributed by atoms with van der Waals surface area (Å²) in [5.41, 5.74) is 0.689. The van der Waals surface area contributed by atoms with Gasteiger partial charge in [-0.25, -0.2) is 4.79 Å². The summed E-state index contributed by atoms with van der Waals surface area (Å²) in [5, 5.41) is 5.96. The minimum Gasteiger partial charge on any atom is -0.482 e. The van der Waals surface area contributed by atoms with Gasteiger partial charge in [-0.15, -0.1) is 0 Å². The highest BCUT2D eigenvalue weighted by Crippen LogP contribution is 2.16. The average molecular weight is 294 g/mol. The van der Waals surface area contributed by atoms with E-state index >= 15 is 0 Å². The topological polar surface area (TPSA) is 76.7 Å². The molecule has 1 aromatic rings. The molecule has 0 saturated carbocycles. The van der Waals surface area contributed by atoms with Crippen LogP contribution in [0.4, 0.5) is 5.69 Å². The first-order valence-electron chi connectivity index (χ1n) is 6.88. The van der Waals surface area contributed by atoms with Crippen LogP contribution in [0.2, 0.25) is 0 Å². The lowest BCUT2D eigenvalue weighted by molar-refractivity contribution is -0.142. The Morgan fingerprint density at radius 3 is 2.48 bits per heavy atom. The van der Waals surface area contributed by atoms with Crippen molar-refractivity contribution in [2.45, 2.75) is 13.8 Å². The smallest absolute Gasteiger partial charge is 0.343 e. The molecular formula is C15H22N2O4. The highest BCUT2D eigenvalue weighted by Gasteiger charge is 2.12. The highest BCUT2D eigenvalue weighted by molar-refractivity contribution is 5.92. The molecule has 0 saturated heterocycles. The van der Waals surface area contributed by atoms with Gasteiger partial charge in [-0.3, -0.25) is 4.79 Å². The van der Waals surface area contributed by atoms with Gasteiger partial charge in [0.15, 0.2) is 6.61 Å². The third-order valence-electron chi connectivity index (χ3n) is 2.85. The number of anilines is 1. The molecule has 0 radical (unpaired) electrons.